The van der Waals surface area contributed by atoms with E-state index in [-0.39, 0.29) is 12.0 Å². The number of benzene rings is 1. The van der Waals surface area contributed by atoms with E-state index in [2.05, 4.69) is 11.8 Å². The molecule has 0 unspecified atom stereocenters. The number of aliphatic hydroxyl groups excluding tert-OH is 1. The summed E-state index contributed by atoms with van der Waals surface area (Å²) in [4.78, 5) is 11.1. The average molecular weight is 269 g/mol. The van der Waals surface area contributed by atoms with Gasteiger partial charge in [0, 0.05) is 35.7 Å². The van der Waals surface area contributed by atoms with Crippen LogP contribution in [0.1, 0.15) is 11.1 Å². The fourth-order valence-electron chi connectivity index (χ4n) is 1.87. The first kappa shape index (κ1) is 13.9. The van der Waals surface area contributed by atoms with Crippen molar-refractivity contribution in [2.45, 2.75) is 6.54 Å². The van der Waals surface area contributed by atoms with E-state index >= 15 is 0 Å². The fourth-order valence-corrected chi connectivity index (χ4v) is 1.87. The molecule has 0 saturated carbocycles. The largest absolute Gasteiger partial charge is 0.496 e. The minimum absolute atomic E-state index is 0.0178. The van der Waals surface area contributed by atoms with Gasteiger partial charge in [-0.25, -0.2) is 0 Å². The molecule has 0 aliphatic carbocycles. The third-order valence-electron chi connectivity index (χ3n) is 2.81. The highest BCUT2D eigenvalue weighted by molar-refractivity contribution is 5.44. The maximum Gasteiger partial charge on any atom is 0.181 e. The van der Waals surface area contributed by atoms with E-state index in [0.29, 0.717) is 6.54 Å². The second-order valence-corrected chi connectivity index (χ2v) is 4.19. The minimum Gasteiger partial charge on any atom is -0.496 e. The molecule has 0 aliphatic heterocycles. The molecule has 1 aromatic heterocycles. The lowest BCUT2D eigenvalue weighted by Gasteiger charge is -2.11. The zero-order valence-electron chi connectivity index (χ0n) is 11.2. The third kappa shape index (κ3) is 3.50. The predicted octanol–water partition coefficient (Wildman–Crippen LogP) is 1.25. The first-order chi connectivity index (χ1) is 9.72. The van der Waals surface area contributed by atoms with Crippen molar-refractivity contribution in [1.82, 2.24) is 4.57 Å². The molecule has 0 radical (unpaired) electrons. The highest BCUT2D eigenvalue weighted by atomic mass is 16.5. The summed E-state index contributed by atoms with van der Waals surface area (Å²) in [6.07, 6.45) is 3.46. The zero-order chi connectivity index (χ0) is 14.4. The zero-order valence-corrected chi connectivity index (χ0v) is 11.2. The predicted molar refractivity (Wildman–Crippen MR) is 76.8 cm³/mol. The normalized spacial score (nSPS) is 9.70. The molecule has 2 aromatic rings. The van der Waals surface area contributed by atoms with Crippen molar-refractivity contribution >= 4 is 0 Å². The number of methoxy groups -OCH3 is 1. The number of aromatic nitrogens is 1. The van der Waals surface area contributed by atoms with Crippen LogP contribution in [0.4, 0.5) is 0 Å². The van der Waals surface area contributed by atoms with Gasteiger partial charge in [0.05, 0.1) is 13.7 Å². The summed E-state index contributed by atoms with van der Waals surface area (Å²) in [5, 5.41) is 8.73. The smallest absolute Gasteiger partial charge is 0.181 e. The van der Waals surface area contributed by atoms with E-state index in [1.165, 1.54) is 12.1 Å². The molecule has 1 N–H and O–H groups in total. The number of nitrogens with zero attached hydrogens (tertiary/aromatic N) is 1. The molecule has 0 saturated heterocycles. The third-order valence-corrected chi connectivity index (χ3v) is 2.81. The SMILES string of the molecule is COc1ccc(C#CCO)cc1Cn1ccc(=O)cc1. The molecule has 0 spiro atoms. The number of hydrogen-bond donors (Lipinski definition) is 1. The Morgan fingerprint density at radius 1 is 1.25 bits per heavy atom. The second kappa shape index (κ2) is 6.60. The summed E-state index contributed by atoms with van der Waals surface area (Å²) < 4.78 is 7.22. The molecule has 20 heavy (non-hydrogen) atoms. The van der Waals surface area contributed by atoms with E-state index in [4.69, 9.17) is 9.84 Å². The Kier molecular flexibility index (Phi) is 4.59. The number of aliphatic hydroxyl groups is 1. The van der Waals surface area contributed by atoms with Crippen LogP contribution >= 0.6 is 0 Å². The van der Waals surface area contributed by atoms with E-state index in [1.807, 2.05) is 22.8 Å². The Balaban J connectivity index is 2.32. The minimum atomic E-state index is -0.166. The summed E-state index contributed by atoms with van der Waals surface area (Å²) in [7, 11) is 1.61. The van der Waals surface area contributed by atoms with Gasteiger partial charge in [0.2, 0.25) is 0 Å². The van der Waals surface area contributed by atoms with Crippen molar-refractivity contribution in [1.29, 1.82) is 0 Å². The number of pyridine rings is 1. The molecule has 1 heterocycles. The molecule has 0 bridgehead atoms. The lowest BCUT2D eigenvalue weighted by Crippen LogP contribution is -2.06. The Hall–Kier alpha value is -2.51. The van der Waals surface area contributed by atoms with Gasteiger partial charge in [-0.05, 0) is 18.2 Å². The second-order valence-electron chi connectivity index (χ2n) is 4.19. The Morgan fingerprint density at radius 3 is 2.65 bits per heavy atom. The topological polar surface area (TPSA) is 51.5 Å². The van der Waals surface area contributed by atoms with Gasteiger partial charge < -0.3 is 14.4 Å². The standard InChI is InChI=1S/C16H15NO3/c1-20-16-5-4-13(3-2-10-18)11-14(16)12-17-8-6-15(19)7-9-17/h4-9,11,18H,10,12H2,1H3. The van der Waals surface area contributed by atoms with Crippen LogP contribution in [-0.2, 0) is 6.54 Å². The van der Waals surface area contributed by atoms with Gasteiger partial charge in [0.15, 0.2) is 5.43 Å². The van der Waals surface area contributed by atoms with Crippen molar-refractivity contribution in [3.8, 4) is 17.6 Å². The lowest BCUT2D eigenvalue weighted by atomic mass is 10.1. The molecule has 0 aliphatic rings. The summed E-state index contributed by atoms with van der Waals surface area (Å²) in [6.45, 7) is 0.416. The summed E-state index contributed by atoms with van der Waals surface area (Å²) in [5.74, 6) is 6.25. The van der Waals surface area contributed by atoms with E-state index in [1.54, 1.807) is 19.5 Å². The Labute approximate surface area is 117 Å². The van der Waals surface area contributed by atoms with Crippen LogP contribution in [0, 0.1) is 11.8 Å². The molecular weight excluding hydrogens is 254 g/mol. The Bertz CT molecular complexity index is 687. The quantitative estimate of drug-likeness (QED) is 0.853. The molecule has 0 atom stereocenters. The monoisotopic (exact) mass is 269 g/mol. The van der Waals surface area contributed by atoms with Crippen molar-refractivity contribution < 1.29 is 9.84 Å². The van der Waals surface area contributed by atoms with Gasteiger partial charge in [-0.2, -0.15) is 0 Å². The molecule has 1 aromatic carbocycles. The van der Waals surface area contributed by atoms with Gasteiger partial charge >= 0.3 is 0 Å². The van der Waals surface area contributed by atoms with Gasteiger partial charge in [-0.1, -0.05) is 11.8 Å². The van der Waals surface area contributed by atoms with E-state index in [0.717, 1.165) is 16.9 Å². The molecule has 0 amide bonds. The molecule has 2 rings (SSSR count). The molecule has 4 nitrogen and oxygen atoms in total. The highest BCUT2D eigenvalue weighted by Crippen LogP contribution is 2.20. The molecule has 102 valence electrons. The summed E-state index contributed by atoms with van der Waals surface area (Å²) >= 11 is 0. The fraction of sp³-hybridized carbons (Fsp3) is 0.188. The van der Waals surface area contributed by atoms with Crippen molar-refractivity contribution in [3.63, 3.8) is 0 Å². The average Bonchev–Trinajstić information content (AvgIpc) is 2.48. The lowest BCUT2D eigenvalue weighted by molar-refractivity contribution is 0.350. The first-order valence-electron chi connectivity index (χ1n) is 6.15. The maximum absolute atomic E-state index is 11.1. The van der Waals surface area contributed by atoms with Crippen LogP contribution in [0.15, 0.2) is 47.5 Å². The van der Waals surface area contributed by atoms with Crippen molar-refractivity contribution in [3.05, 3.63) is 64.1 Å². The first-order valence-corrected chi connectivity index (χ1v) is 6.15. The van der Waals surface area contributed by atoms with Crippen LogP contribution in [0.5, 0.6) is 5.75 Å². The van der Waals surface area contributed by atoms with Crippen LogP contribution in [0.25, 0.3) is 0 Å². The van der Waals surface area contributed by atoms with Crippen LogP contribution < -0.4 is 10.2 Å². The van der Waals surface area contributed by atoms with Gasteiger partial charge in [0.1, 0.15) is 12.4 Å². The van der Waals surface area contributed by atoms with Crippen LogP contribution in [0.2, 0.25) is 0 Å². The van der Waals surface area contributed by atoms with E-state index < -0.39 is 0 Å². The number of rotatable bonds is 3. The van der Waals surface area contributed by atoms with Crippen molar-refractivity contribution in [2.75, 3.05) is 13.7 Å². The van der Waals surface area contributed by atoms with Crippen LogP contribution in [0.3, 0.4) is 0 Å². The number of ether oxygens (including phenoxy) is 1. The van der Waals surface area contributed by atoms with Crippen LogP contribution in [-0.4, -0.2) is 23.4 Å². The van der Waals surface area contributed by atoms with Crippen molar-refractivity contribution in [2.24, 2.45) is 0 Å². The van der Waals surface area contributed by atoms with E-state index in [9.17, 15) is 4.79 Å². The summed E-state index contributed by atoms with van der Waals surface area (Å²) in [5.41, 5.74) is 1.76. The molecule has 0 fully saturated rings. The van der Waals surface area contributed by atoms with Gasteiger partial charge in [-0.15, -0.1) is 0 Å². The molecular formula is C16H15NO3. The highest BCUT2D eigenvalue weighted by Gasteiger charge is 2.04. The molecule has 4 heteroatoms. The maximum atomic E-state index is 11.1. The number of hydrogen-bond acceptors (Lipinski definition) is 3. The van der Waals surface area contributed by atoms with Gasteiger partial charge in [-0.3, -0.25) is 4.79 Å². The Morgan fingerprint density at radius 2 is 2.00 bits per heavy atom. The van der Waals surface area contributed by atoms with Gasteiger partial charge in [0.25, 0.3) is 0 Å². The summed E-state index contributed by atoms with van der Waals surface area (Å²) in [6, 6.07) is 8.64.